The summed E-state index contributed by atoms with van der Waals surface area (Å²) in [6, 6.07) is 2.22. The van der Waals surface area contributed by atoms with Gasteiger partial charge in [0.25, 0.3) is 0 Å². The van der Waals surface area contributed by atoms with Crippen molar-refractivity contribution in [1.82, 2.24) is 4.90 Å². The van der Waals surface area contributed by atoms with Crippen LogP contribution in [-0.2, 0) is 15.7 Å². The van der Waals surface area contributed by atoms with E-state index >= 15 is 0 Å². The Morgan fingerprint density at radius 1 is 1.13 bits per heavy atom. The molecule has 30 heavy (non-hydrogen) atoms. The fourth-order valence-electron chi connectivity index (χ4n) is 3.54. The van der Waals surface area contributed by atoms with Gasteiger partial charge >= 0.3 is 18.2 Å². The molecule has 1 aliphatic rings. The highest BCUT2D eigenvalue weighted by molar-refractivity contribution is 5.95. The van der Waals surface area contributed by atoms with Gasteiger partial charge in [-0.1, -0.05) is 12.8 Å². The highest BCUT2D eigenvalue weighted by Gasteiger charge is 2.35. The number of amides is 1. The molecule has 0 heterocycles. The second-order valence-corrected chi connectivity index (χ2v) is 8.44. The van der Waals surface area contributed by atoms with E-state index in [-0.39, 0.29) is 23.3 Å². The number of anilines is 1. The Morgan fingerprint density at radius 3 is 2.33 bits per heavy atom. The number of alkyl halides is 3. The number of ether oxygens (including phenoxy) is 2. The number of esters is 1. The van der Waals surface area contributed by atoms with Crippen LogP contribution in [0.4, 0.5) is 23.7 Å². The molecule has 1 aromatic rings. The molecule has 1 saturated carbocycles. The van der Waals surface area contributed by atoms with Gasteiger partial charge < -0.3 is 19.7 Å². The van der Waals surface area contributed by atoms with Crippen molar-refractivity contribution in [2.45, 2.75) is 70.3 Å². The molecule has 0 spiro atoms. The van der Waals surface area contributed by atoms with Gasteiger partial charge in [0, 0.05) is 18.8 Å². The van der Waals surface area contributed by atoms with Crippen molar-refractivity contribution in [1.29, 1.82) is 0 Å². The van der Waals surface area contributed by atoms with Gasteiger partial charge in [0.05, 0.1) is 24.3 Å². The van der Waals surface area contributed by atoms with Crippen LogP contribution in [0.2, 0.25) is 0 Å². The van der Waals surface area contributed by atoms with Crippen LogP contribution in [0.1, 0.15) is 62.4 Å². The predicted molar refractivity (Wildman–Crippen MR) is 106 cm³/mol. The molecule has 0 unspecified atom stereocenters. The molecule has 9 heteroatoms. The Kier molecular flexibility index (Phi) is 7.26. The van der Waals surface area contributed by atoms with Gasteiger partial charge in [0.1, 0.15) is 5.60 Å². The van der Waals surface area contributed by atoms with Gasteiger partial charge in [-0.2, -0.15) is 13.2 Å². The van der Waals surface area contributed by atoms with Crippen LogP contribution in [0.25, 0.3) is 0 Å². The molecule has 0 bridgehead atoms. The van der Waals surface area contributed by atoms with Gasteiger partial charge in [0.2, 0.25) is 0 Å². The van der Waals surface area contributed by atoms with Crippen molar-refractivity contribution in [3.05, 3.63) is 29.3 Å². The molecule has 168 valence electrons. The lowest BCUT2D eigenvalue weighted by molar-refractivity contribution is -0.137. The van der Waals surface area contributed by atoms with Crippen molar-refractivity contribution in [3.8, 4) is 0 Å². The normalized spacial score (nSPS) is 19.7. The number of methoxy groups -OCH3 is 1. The Bertz CT molecular complexity index is 774. The van der Waals surface area contributed by atoms with E-state index < -0.39 is 29.4 Å². The average Bonchev–Trinajstić information content (AvgIpc) is 2.65. The summed E-state index contributed by atoms with van der Waals surface area (Å²) in [5.74, 6) is -0.737. The zero-order valence-corrected chi connectivity index (χ0v) is 17.9. The van der Waals surface area contributed by atoms with E-state index in [2.05, 4.69) is 5.32 Å². The summed E-state index contributed by atoms with van der Waals surface area (Å²) in [7, 11) is 2.79. The van der Waals surface area contributed by atoms with Crippen molar-refractivity contribution in [2.24, 2.45) is 0 Å². The van der Waals surface area contributed by atoms with Crippen molar-refractivity contribution < 1.29 is 32.2 Å². The first-order valence-corrected chi connectivity index (χ1v) is 9.85. The standard InChI is InChI=1S/C21H29F3N2O4/c1-20(2,3)30-19(28)26(4)17-9-7-6-8-15(17)25-16-12-13(21(22,23)24)10-11-14(16)18(27)29-5/h10-12,15,17,25H,6-9H2,1-5H3/t15-,17-/m0/s1. The maximum absolute atomic E-state index is 13.2. The van der Waals surface area contributed by atoms with Crippen LogP contribution in [0, 0.1) is 0 Å². The van der Waals surface area contributed by atoms with Crippen LogP contribution < -0.4 is 5.32 Å². The fraction of sp³-hybridized carbons (Fsp3) is 0.619. The maximum Gasteiger partial charge on any atom is 0.416 e. The molecule has 1 fully saturated rings. The lowest BCUT2D eigenvalue weighted by atomic mass is 9.89. The molecule has 2 rings (SSSR count). The number of halogens is 3. The molecule has 1 aliphatic carbocycles. The van der Waals surface area contributed by atoms with E-state index in [1.54, 1.807) is 27.8 Å². The highest BCUT2D eigenvalue weighted by Crippen LogP contribution is 2.34. The zero-order valence-electron chi connectivity index (χ0n) is 17.9. The SMILES string of the molecule is COC(=O)c1ccc(C(F)(F)F)cc1N[C@H]1CCCC[C@@H]1N(C)C(=O)OC(C)(C)C. The number of likely N-dealkylation sites (N-methyl/N-ethyl adjacent to an activating group) is 1. The molecule has 1 amide bonds. The van der Waals surface area contributed by atoms with E-state index in [0.29, 0.717) is 12.8 Å². The van der Waals surface area contributed by atoms with Crippen molar-refractivity contribution >= 4 is 17.7 Å². The minimum atomic E-state index is -4.55. The minimum Gasteiger partial charge on any atom is -0.465 e. The van der Waals surface area contributed by atoms with Crippen LogP contribution >= 0.6 is 0 Å². The number of nitrogens with zero attached hydrogens (tertiary/aromatic N) is 1. The van der Waals surface area contributed by atoms with Crippen molar-refractivity contribution in [3.63, 3.8) is 0 Å². The summed E-state index contributed by atoms with van der Waals surface area (Å²) in [5, 5.41) is 3.08. The average molecular weight is 430 g/mol. The Labute approximate surface area is 174 Å². The summed E-state index contributed by atoms with van der Waals surface area (Å²) >= 11 is 0. The van der Waals surface area contributed by atoms with E-state index in [0.717, 1.165) is 31.0 Å². The topological polar surface area (TPSA) is 67.9 Å². The van der Waals surface area contributed by atoms with Crippen molar-refractivity contribution in [2.75, 3.05) is 19.5 Å². The summed E-state index contributed by atoms with van der Waals surface area (Å²) < 4.78 is 49.8. The number of nitrogens with one attached hydrogen (secondary N) is 1. The lowest BCUT2D eigenvalue weighted by Gasteiger charge is -2.39. The third-order valence-electron chi connectivity index (χ3n) is 5.00. The summed E-state index contributed by atoms with van der Waals surface area (Å²) in [6.45, 7) is 5.29. The third kappa shape index (κ3) is 6.03. The first-order chi connectivity index (χ1) is 13.8. The molecular weight excluding hydrogens is 401 g/mol. The maximum atomic E-state index is 13.2. The second-order valence-electron chi connectivity index (χ2n) is 8.44. The molecule has 0 aromatic heterocycles. The van der Waals surface area contributed by atoms with Crippen LogP contribution in [0.3, 0.4) is 0 Å². The Morgan fingerprint density at radius 2 is 1.77 bits per heavy atom. The molecule has 1 aromatic carbocycles. The largest absolute Gasteiger partial charge is 0.465 e. The van der Waals surface area contributed by atoms with Gasteiger partial charge in [-0.25, -0.2) is 9.59 Å². The van der Waals surface area contributed by atoms with Crippen LogP contribution in [-0.4, -0.2) is 48.8 Å². The molecule has 6 nitrogen and oxygen atoms in total. The van der Waals surface area contributed by atoms with Gasteiger partial charge in [-0.05, 0) is 51.8 Å². The molecule has 1 N–H and O–H groups in total. The molecular formula is C21H29F3N2O4. The second kappa shape index (κ2) is 9.14. The molecule has 0 aliphatic heterocycles. The summed E-state index contributed by atoms with van der Waals surface area (Å²) in [6.07, 6.45) is -2.03. The van der Waals surface area contributed by atoms with E-state index in [1.807, 2.05) is 0 Å². The smallest absolute Gasteiger partial charge is 0.416 e. The van der Waals surface area contributed by atoms with Crippen LogP contribution in [0.15, 0.2) is 18.2 Å². The monoisotopic (exact) mass is 430 g/mol. The summed E-state index contributed by atoms with van der Waals surface area (Å²) in [5.41, 5.74) is -1.49. The molecule has 0 radical (unpaired) electrons. The molecule has 2 atom stereocenters. The first-order valence-electron chi connectivity index (χ1n) is 9.85. The quantitative estimate of drug-likeness (QED) is 0.675. The number of carbonyl (C=O) groups excluding carboxylic acids is 2. The first kappa shape index (κ1) is 23.8. The van der Waals surface area contributed by atoms with Crippen LogP contribution in [0.5, 0.6) is 0 Å². The highest BCUT2D eigenvalue weighted by atomic mass is 19.4. The Hall–Kier alpha value is -2.45. The number of benzene rings is 1. The number of hydrogen-bond acceptors (Lipinski definition) is 5. The van der Waals surface area contributed by atoms with E-state index in [9.17, 15) is 22.8 Å². The predicted octanol–water partition coefficient (Wildman–Crippen LogP) is 5.08. The van der Waals surface area contributed by atoms with E-state index in [1.165, 1.54) is 12.0 Å². The number of carbonyl (C=O) groups is 2. The van der Waals surface area contributed by atoms with Gasteiger partial charge in [-0.3, -0.25) is 0 Å². The van der Waals surface area contributed by atoms with Gasteiger partial charge in [0.15, 0.2) is 0 Å². The minimum absolute atomic E-state index is 0.00902. The zero-order chi connectivity index (χ0) is 22.7. The Balaban J connectivity index is 2.33. The molecule has 0 saturated heterocycles. The third-order valence-corrected chi connectivity index (χ3v) is 5.00. The number of rotatable bonds is 4. The number of hydrogen-bond donors (Lipinski definition) is 1. The summed E-state index contributed by atoms with van der Waals surface area (Å²) in [4.78, 5) is 26.1. The fourth-order valence-corrected chi connectivity index (χ4v) is 3.54. The van der Waals surface area contributed by atoms with Gasteiger partial charge in [-0.15, -0.1) is 0 Å². The van der Waals surface area contributed by atoms with E-state index in [4.69, 9.17) is 9.47 Å². The lowest BCUT2D eigenvalue weighted by Crippen LogP contribution is -2.50.